The van der Waals surface area contributed by atoms with Gasteiger partial charge in [0.15, 0.2) is 0 Å². The second kappa shape index (κ2) is 5.82. The molecule has 6 heteroatoms. The lowest BCUT2D eigenvalue weighted by atomic mass is 10.2. The predicted octanol–water partition coefficient (Wildman–Crippen LogP) is 4.67. The van der Waals surface area contributed by atoms with Crippen LogP contribution in [0.25, 0.3) is 0 Å². The summed E-state index contributed by atoms with van der Waals surface area (Å²) in [5, 5.41) is 13.1. The molecule has 0 amide bonds. The molecular formula is C13H11Cl2NO2S. The van der Waals surface area contributed by atoms with Crippen molar-refractivity contribution in [1.29, 1.82) is 0 Å². The molecule has 2 rings (SSSR count). The Labute approximate surface area is 124 Å². The molecule has 1 aromatic heterocycles. The largest absolute Gasteiger partial charge is 0.477 e. The van der Waals surface area contributed by atoms with Crippen LogP contribution in [0.2, 0.25) is 10.0 Å². The van der Waals surface area contributed by atoms with Crippen LogP contribution in [0, 0.1) is 6.92 Å². The fraction of sp³-hybridized carbons (Fsp3) is 0.154. The van der Waals surface area contributed by atoms with Gasteiger partial charge >= 0.3 is 5.97 Å². The molecule has 0 unspecified atom stereocenters. The quantitative estimate of drug-likeness (QED) is 0.861. The number of hydrogen-bond donors (Lipinski definition) is 2. The summed E-state index contributed by atoms with van der Waals surface area (Å²) in [7, 11) is 0. The highest BCUT2D eigenvalue weighted by Crippen LogP contribution is 2.30. The third-order valence-corrected chi connectivity index (χ3v) is 4.55. The summed E-state index contributed by atoms with van der Waals surface area (Å²) in [5.74, 6) is -0.903. The van der Waals surface area contributed by atoms with Crippen molar-refractivity contribution in [1.82, 2.24) is 0 Å². The first-order valence-corrected chi connectivity index (χ1v) is 7.06. The van der Waals surface area contributed by atoms with Gasteiger partial charge in [-0.3, -0.25) is 0 Å². The first-order valence-electron chi connectivity index (χ1n) is 5.49. The Kier molecular flexibility index (Phi) is 4.34. The van der Waals surface area contributed by atoms with Crippen molar-refractivity contribution >= 4 is 46.2 Å². The Balaban J connectivity index is 2.14. The van der Waals surface area contributed by atoms with Crippen molar-refractivity contribution in [3.05, 3.63) is 49.6 Å². The number of halogens is 2. The van der Waals surface area contributed by atoms with Gasteiger partial charge in [0.05, 0.1) is 15.7 Å². The molecule has 2 aromatic rings. The van der Waals surface area contributed by atoms with E-state index in [1.54, 1.807) is 18.2 Å². The summed E-state index contributed by atoms with van der Waals surface area (Å²) in [6.45, 7) is 2.41. The number of anilines is 1. The van der Waals surface area contributed by atoms with Crippen LogP contribution in [0.1, 0.15) is 20.1 Å². The molecule has 0 aliphatic carbocycles. The van der Waals surface area contributed by atoms with E-state index < -0.39 is 5.97 Å². The zero-order valence-electron chi connectivity index (χ0n) is 10.0. The normalized spacial score (nSPS) is 10.5. The van der Waals surface area contributed by atoms with E-state index in [4.69, 9.17) is 28.3 Å². The fourth-order valence-electron chi connectivity index (χ4n) is 1.63. The van der Waals surface area contributed by atoms with E-state index >= 15 is 0 Å². The smallest absolute Gasteiger partial charge is 0.345 e. The maximum atomic E-state index is 10.9. The molecule has 0 aliphatic heterocycles. The molecule has 3 nitrogen and oxygen atoms in total. The van der Waals surface area contributed by atoms with Gasteiger partial charge in [-0.25, -0.2) is 4.79 Å². The van der Waals surface area contributed by atoms with Gasteiger partial charge in [0.25, 0.3) is 0 Å². The lowest BCUT2D eigenvalue weighted by Gasteiger charge is -2.08. The topological polar surface area (TPSA) is 49.3 Å². The summed E-state index contributed by atoms with van der Waals surface area (Å²) >= 11 is 13.3. The minimum atomic E-state index is -0.903. The summed E-state index contributed by atoms with van der Waals surface area (Å²) in [4.78, 5) is 12.2. The third-order valence-electron chi connectivity index (χ3n) is 2.65. The Morgan fingerprint density at radius 3 is 2.79 bits per heavy atom. The summed E-state index contributed by atoms with van der Waals surface area (Å²) < 4.78 is 0. The number of benzene rings is 1. The van der Waals surface area contributed by atoms with Gasteiger partial charge in [-0.05, 0) is 30.7 Å². The Bertz CT molecular complexity index is 625. The van der Waals surface area contributed by atoms with E-state index in [1.165, 1.54) is 11.3 Å². The van der Waals surface area contributed by atoms with E-state index in [9.17, 15) is 4.79 Å². The molecular weight excluding hydrogens is 305 g/mol. The standard InChI is InChI=1S/C13H11Cl2NO2S/c1-7-8(5-11(19-7)13(17)18)6-16-10-4-2-3-9(14)12(10)15/h2-5,16H,6H2,1H3,(H,17,18). The van der Waals surface area contributed by atoms with Crippen molar-refractivity contribution < 1.29 is 9.90 Å². The third kappa shape index (κ3) is 3.21. The lowest BCUT2D eigenvalue weighted by molar-refractivity contribution is 0.0702. The van der Waals surface area contributed by atoms with Crippen LogP contribution in [0.15, 0.2) is 24.3 Å². The zero-order chi connectivity index (χ0) is 14.0. The zero-order valence-corrected chi connectivity index (χ0v) is 12.4. The molecule has 1 aromatic carbocycles. The maximum absolute atomic E-state index is 10.9. The monoisotopic (exact) mass is 315 g/mol. The number of carboxylic acid groups (broad SMARTS) is 1. The van der Waals surface area contributed by atoms with Gasteiger partial charge in [0.2, 0.25) is 0 Å². The summed E-state index contributed by atoms with van der Waals surface area (Å²) in [5.41, 5.74) is 1.68. The molecule has 0 bridgehead atoms. The number of carbonyl (C=O) groups is 1. The van der Waals surface area contributed by atoms with Crippen LogP contribution < -0.4 is 5.32 Å². The Hall–Kier alpha value is -1.23. The number of aryl methyl sites for hydroxylation is 1. The molecule has 2 N–H and O–H groups in total. The van der Waals surface area contributed by atoms with Crippen LogP contribution >= 0.6 is 34.5 Å². The van der Waals surface area contributed by atoms with Crippen LogP contribution in [0.5, 0.6) is 0 Å². The van der Waals surface area contributed by atoms with Gasteiger partial charge in [-0.1, -0.05) is 29.3 Å². The number of aromatic carboxylic acids is 1. The Morgan fingerprint density at radius 1 is 1.42 bits per heavy atom. The number of hydrogen-bond acceptors (Lipinski definition) is 3. The second-order valence-corrected chi connectivity index (χ2v) is 5.99. The minimum Gasteiger partial charge on any atom is -0.477 e. The second-order valence-electron chi connectivity index (χ2n) is 3.95. The molecule has 1 heterocycles. The molecule has 0 fully saturated rings. The van der Waals surface area contributed by atoms with Gasteiger partial charge < -0.3 is 10.4 Å². The first kappa shape index (κ1) is 14.2. The summed E-state index contributed by atoms with van der Waals surface area (Å²) in [6, 6.07) is 7.02. The van der Waals surface area contributed by atoms with E-state index in [0.29, 0.717) is 21.5 Å². The molecule has 0 saturated heterocycles. The van der Waals surface area contributed by atoms with Crippen LogP contribution in [0.3, 0.4) is 0 Å². The minimum absolute atomic E-state index is 0.339. The highest BCUT2D eigenvalue weighted by atomic mass is 35.5. The number of rotatable bonds is 4. The van der Waals surface area contributed by atoms with Gasteiger partial charge in [0.1, 0.15) is 4.88 Å². The number of nitrogens with one attached hydrogen (secondary N) is 1. The molecule has 0 radical (unpaired) electrons. The van der Waals surface area contributed by atoms with Crippen molar-refractivity contribution in [2.24, 2.45) is 0 Å². The Morgan fingerprint density at radius 2 is 2.16 bits per heavy atom. The fourth-order valence-corrected chi connectivity index (χ4v) is 2.88. The van der Waals surface area contributed by atoms with Crippen LogP contribution in [0.4, 0.5) is 5.69 Å². The van der Waals surface area contributed by atoms with E-state index in [0.717, 1.165) is 16.1 Å². The van der Waals surface area contributed by atoms with Crippen LogP contribution in [-0.2, 0) is 6.54 Å². The van der Waals surface area contributed by atoms with Crippen molar-refractivity contribution in [3.63, 3.8) is 0 Å². The van der Waals surface area contributed by atoms with Crippen LogP contribution in [-0.4, -0.2) is 11.1 Å². The molecule has 0 saturated carbocycles. The van der Waals surface area contributed by atoms with E-state index in [2.05, 4.69) is 5.32 Å². The summed E-state index contributed by atoms with van der Waals surface area (Å²) in [6.07, 6.45) is 0. The molecule has 0 aliphatic rings. The van der Waals surface area contributed by atoms with Gasteiger partial charge in [-0.15, -0.1) is 11.3 Å². The molecule has 0 atom stereocenters. The average Bonchev–Trinajstić information content (AvgIpc) is 2.73. The van der Waals surface area contributed by atoms with Gasteiger partial charge in [-0.2, -0.15) is 0 Å². The highest BCUT2D eigenvalue weighted by Gasteiger charge is 2.11. The van der Waals surface area contributed by atoms with Crippen molar-refractivity contribution in [3.8, 4) is 0 Å². The van der Waals surface area contributed by atoms with E-state index in [-0.39, 0.29) is 0 Å². The predicted molar refractivity (Wildman–Crippen MR) is 79.8 cm³/mol. The molecule has 100 valence electrons. The average molecular weight is 316 g/mol. The molecule has 19 heavy (non-hydrogen) atoms. The lowest BCUT2D eigenvalue weighted by Crippen LogP contribution is -2.00. The highest BCUT2D eigenvalue weighted by molar-refractivity contribution is 7.14. The first-order chi connectivity index (χ1) is 8.99. The van der Waals surface area contributed by atoms with E-state index in [1.807, 2.05) is 13.0 Å². The van der Waals surface area contributed by atoms with Crippen molar-refractivity contribution in [2.75, 3.05) is 5.32 Å². The SMILES string of the molecule is Cc1sc(C(=O)O)cc1CNc1cccc(Cl)c1Cl. The number of carboxylic acids is 1. The molecule has 0 spiro atoms. The van der Waals surface area contributed by atoms with Crippen molar-refractivity contribution in [2.45, 2.75) is 13.5 Å². The van der Waals surface area contributed by atoms with Gasteiger partial charge in [0, 0.05) is 11.4 Å². The maximum Gasteiger partial charge on any atom is 0.345 e. The number of thiophene rings is 1.